The maximum absolute atomic E-state index is 12.8. The molecule has 0 N–H and O–H groups in total. The van der Waals surface area contributed by atoms with E-state index in [9.17, 15) is 9.18 Å². The van der Waals surface area contributed by atoms with E-state index in [-0.39, 0.29) is 11.6 Å². The van der Waals surface area contributed by atoms with Crippen molar-refractivity contribution in [1.29, 1.82) is 0 Å². The number of benzene rings is 2. The molecule has 1 aromatic heterocycles. The maximum Gasteiger partial charge on any atom is 0.185 e. The lowest BCUT2D eigenvalue weighted by Gasteiger charge is -2.00. The van der Waals surface area contributed by atoms with Crippen LogP contribution in [-0.2, 0) is 0 Å². The summed E-state index contributed by atoms with van der Waals surface area (Å²) in [5.41, 5.74) is 2.77. The first-order valence-corrected chi connectivity index (χ1v) is 6.42. The molecule has 0 aliphatic rings. The molecule has 0 spiro atoms. The zero-order valence-corrected chi connectivity index (χ0v) is 11.0. The second kappa shape index (κ2) is 5.63. The average molecular weight is 278 g/mol. The molecule has 21 heavy (non-hydrogen) atoms. The monoisotopic (exact) mass is 278 g/mol. The first-order chi connectivity index (χ1) is 10.2. The number of allylic oxidation sites excluding steroid dienone is 1. The molecule has 0 saturated carbocycles. The Morgan fingerprint density at radius 1 is 1.00 bits per heavy atom. The van der Waals surface area contributed by atoms with E-state index in [1.165, 1.54) is 30.3 Å². The summed E-state index contributed by atoms with van der Waals surface area (Å²) in [5.74, 6) is -0.546. The second-order valence-electron chi connectivity index (χ2n) is 4.48. The van der Waals surface area contributed by atoms with Crippen LogP contribution in [0.2, 0.25) is 0 Å². The van der Waals surface area contributed by atoms with Gasteiger partial charge < -0.3 is 0 Å². The lowest BCUT2D eigenvalue weighted by Crippen LogP contribution is -1.94. The van der Waals surface area contributed by atoms with Gasteiger partial charge in [-0.05, 0) is 42.5 Å². The summed E-state index contributed by atoms with van der Waals surface area (Å²) < 4.78 is 12.8. The Balaban J connectivity index is 1.91. The molecule has 0 amide bonds. The van der Waals surface area contributed by atoms with Gasteiger partial charge in [-0.2, -0.15) is 0 Å². The second-order valence-corrected chi connectivity index (χ2v) is 4.48. The number of halogens is 1. The van der Waals surface area contributed by atoms with Crippen LogP contribution in [0.25, 0.3) is 17.1 Å². The third-order valence-electron chi connectivity index (χ3n) is 3.07. The predicted molar refractivity (Wildman–Crippen MR) is 79.3 cm³/mol. The number of nitrogens with zero attached hydrogens (tertiary/aromatic N) is 2. The molecule has 0 unspecified atom stereocenters. The minimum atomic E-state index is -0.361. The number of hydrogen-bond acceptors (Lipinski definition) is 3. The normalized spacial score (nSPS) is 11.1. The summed E-state index contributed by atoms with van der Waals surface area (Å²) in [4.78, 5) is 20.5. The van der Waals surface area contributed by atoms with Gasteiger partial charge in [-0.3, -0.25) is 14.8 Å². The Morgan fingerprint density at radius 2 is 1.76 bits per heavy atom. The van der Waals surface area contributed by atoms with E-state index in [1.54, 1.807) is 18.5 Å². The molecule has 0 aliphatic heterocycles. The Labute approximate surface area is 120 Å². The van der Waals surface area contributed by atoms with Gasteiger partial charge in [0.25, 0.3) is 0 Å². The Hall–Kier alpha value is -2.88. The molecule has 0 atom stereocenters. The lowest BCUT2D eigenvalue weighted by molar-refractivity contribution is 0.104. The summed E-state index contributed by atoms with van der Waals surface area (Å²) in [5, 5.41) is 0. The third kappa shape index (κ3) is 2.84. The molecule has 3 rings (SSSR count). The smallest absolute Gasteiger partial charge is 0.185 e. The predicted octanol–water partition coefficient (Wildman–Crippen LogP) is 3.67. The fourth-order valence-electron chi connectivity index (χ4n) is 2.03. The average Bonchev–Trinajstić information content (AvgIpc) is 2.53. The number of aromatic nitrogens is 2. The molecule has 3 nitrogen and oxygen atoms in total. The van der Waals surface area contributed by atoms with E-state index in [0.717, 1.165) is 16.6 Å². The number of fused-ring (bicyclic) bond motifs is 1. The standard InChI is InChI=1S/C17H11FN2O/c18-14-7-4-12(5-8-14)16(21)9-6-13-2-1-3-15-17(13)20-11-10-19-15/h1-11H/b9-6+. The molecule has 1 heterocycles. The zero-order valence-electron chi connectivity index (χ0n) is 11.0. The van der Waals surface area contributed by atoms with E-state index in [2.05, 4.69) is 9.97 Å². The van der Waals surface area contributed by atoms with Gasteiger partial charge in [-0.25, -0.2) is 4.39 Å². The van der Waals surface area contributed by atoms with E-state index >= 15 is 0 Å². The summed E-state index contributed by atoms with van der Waals surface area (Å²) in [6, 6.07) is 11.1. The van der Waals surface area contributed by atoms with Crippen molar-refractivity contribution in [3.05, 3.63) is 77.9 Å². The van der Waals surface area contributed by atoms with Crippen LogP contribution in [0.3, 0.4) is 0 Å². The fraction of sp³-hybridized carbons (Fsp3) is 0. The molecule has 0 radical (unpaired) electrons. The Bertz CT molecular complexity index is 820. The Kier molecular flexibility index (Phi) is 3.51. The largest absolute Gasteiger partial charge is 0.289 e. The van der Waals surface area contributed by atoms with Crippen molar-refractivity contribution in [2.45, 2.75) is 0 Å². The maximum atomic E-state index is 12.8. The topological polar surface area (TPSA) is 42.9 Å². The zero-order chi connectivity index (χ0) is 14.7. The van der Waals surface area contributed by atoms with Crippen LogP contribution in [0.1, 0.15) is 15.9 Å². The molecule has 0 fully saturated rings. The van der Waals surface area contributed by atoms with Gasteiger partial charge in [0.1, 0.15) is 5.82 Å². The molecule has 0 bridgehead atoms. The highest BCUT2D eigenvalue weighted by molar-refractivity contribution is 6.07. The molecular formula is C17H11FN2O. The molecule has 102 valence electrons. The number of carbonyl (C=O) groups excluding carboxylic acids is 1. The number of carbonyl (C=O) groups is 1. The van der Waals surface area contributed by atoms with Crippen LogP contribution >= 0.6 is 0 Å². The first kappa shape index (κ1) is 13.1. The highest BCUT2D eigenvalue weighted by atomic mass is 19.1. The SMILES string of the molecule is O=C(/C=C/c1cccc2nccnc12)c1ccc(F)cc1. The summed E-state index contributed by atoms with van der Waals surface area (Å²) in [7, 11) is 0. The van der Waals surface area contributed by atoms with E-state index in [0.29, 0.717) is 5.56 Å². The first-order valence-electron chi connectivity index (χ1n) is 6.42. The van der Waals surface area contributed by atoms with Gasteiger partial charge in [0.05, 0.1) is 11.0 Å². The van der Waals surface area contributed by atoms with Crippen molar-refractivity contribution in [2.75, 3.05) is 0 Å². The molecular weight excluding hydrogens is 267 g/mol. The number of ketones is 1. The van der Waals surface area contributed by atoms with Gasteiger partial charge in [0.15, 0.2) is 5.78 Å². The molecule has 2 aromatic carbocycles. The number of rotatable bonds is 3. The summed E-state index contributed by atoms with van der Waals surface area (Å²) >= 11 is 0. The molecule has 3 aromatic rings. The Morgan fingerprint density at radius 3 is 2.57 bits per heavy atom. The summed E-state index contributed by atoms with van der Waals surface area (Å²) in [6.45, 7) is 0. The van der Waals surface area contributed by atoms with E-state index in [4.69, 9.17) is 0 Å². The minimum Gasteiger partial charge on any atom is -0.289 e. The molecule has 4 heteroatoms. The van der Waals surface area contributed by atoms with Gasteiger partial charge in [0.2, 0.25) is 0 Å². The van der Waals surface area contributed by atoms with Gasteiger partial charge in [-0.1, -0.05) is 12.1 Å². The van der Waals surface area contributed by atoms with Gasteiger partial charge >= 0.3 is 0 Å². The quantitative estimate of drug-likeness (QED) is 0.542. The minimum absolute atomic E-state index is 0.184. The van der Waals surface area contributed by atoms with Crippen LogP contribution in [0.4, 0.5) is 4.39 Å². The third-order valence-corrected chi connectivity index (χ3v) is 3.07. The van der Waals surface area contributed by atoms with Crippen LogP contribution in [-0.4, -0.2) is 15.8 Å². The number of para-hydroxylation sites is 1. The van der Waals surface area contributed by atoms with E-state index in [1.807, 2.05) is 18.2 Å². The van der Waals surface area contributed by atoms with Crippen LogP contribution in [0.15, 0.2) is 60.9 Å². The van der Waals surface area contributed by atoms with Crippen molar-refractivity contribution >= 4 is 22.9 Å². The van der Waals surface area contributed by atoms with Crippen molar-refractivity contribution in [1.82, 2.24) is 9.97 Å². The fourth-order valence-corrected chi connectivity index (χ4v) is 2.03. The highest BCUT2D eigenvalue weighted by Crippen LogP contribution is 2.15. The van der Waals surface area contributed by atoms with E-state index < -0.39 is 0 Å². The van der Waals surface area contributed by atoms with Gasteiger partial charge in [-0.15, -0.1) is 0 Å². The van der Waals surface area contributed by atoms with Gasteiger partial charge in [0, 0.05) is 23.5 Å². The van der Waals surface area contributed by atoms with Crippen molar-refractivity contribution in [2.24, 2.45) is 0 Å². The molecule has 0 aliphatic carbocycles. The highest BCUT2D eigenvalue weighted by Gasteiger charge is 2.03. The van der Waals surface area contributed by atoms with Crippen molar-refractivity contribution in [3.63, 3.8) is 0 Å². The van der Waals surface area contributed by atoms with Crippen LogP contribution in [0, 0.1) is 5.82 Å². The van der Waals surface area contributed by atoms with Crippen LogP contribution < -0.4 is 0 Å². The number of hydrogen-bond donors (Lipinski definition) is 0. The lowest BCUT2D eigenvalue weighted by atomic mass is 10.1. The van der Waals surface area contributed by atoms with Crippen molar-refractivity contribution in [3.8, 4) is 0 Å². The van der Waals surface area contributed by atoms with Crippen molar-refractivity contribution < 1.29 is 9.18 Å². The summed E-state index contributed by atoms with van der Waals surface area (Å²) in [6.07, 6.45) is 6.39. The molecule has 0 saturated heterocycles. The van der Waals surface area contributed by atoms with Crippen LogP contribution in [0.5, 0.6) is 0 Å².